The highest BCUT2D eigenvalue weighted by atomic mass is 35.5. The average molecular weight is 493 g/mol. The zero-order chi connectivity index (χ0) is 25.9. The number of fused-ring (bicyclic) bond motifs is 1. The fraction of sp³-hybridized carbons (Fsp3) is 0.192. The van der Waals surface area contributed by atoms with Gasteiger partial charge in [0.1, 0.15) is 0 Å². The standard InChI is InChI=1S/C23H18ClN3O3.C3H7NO/c1-12-19-13(2)26-27(16-10-8-15(24)9-11-16)22(19)25-21(20(12)14(3)28)17-6-4-5-7-18(17)23(29)30;1-4(2)3-5/h4-11H,1-3H3,(H,29,30);3H,1-2H3. The molecule has 180 valence electrons. The second kappa shape index (κ2) is 10.5. The van der Waals surface area contributed by atoms with E-state index in [0.717, 1.165) is 28.7 Å². The Hall–Kier alpha value is -4.04. The molecule has 4 aromatic rings. The molecule has 0 aliphatic carbocycles. The molecular weight excluding hydrogens is 468 g/mol. The van der Waals surface area contributed by atoms with Crippen molar-refractivity contribution in [3.63, 3.8) is 0 Å². The van der Waals surface area contributed by atoms with Gasteiger partial charge < -0.3 is 10.0 Å². The van der Waals surface area contributed by atoms with Crippen LogP contribution in [0.2, 0.25) is 5.02 Å². The third-order valence-electron chi connectivity index (χ3n) is 5.29. The highest BCUT2D eigenvalue weighted by molar-refractivity contribution is 6.30. The Morgan fingerprint density at radius 1 is 1.06 bits per heavy atom. The zero-order valence-electron chi connectivity index (χ0n) is 20.0. The molecular formula is C26H25ClN4O4. The van der Waals surface area contributed by atoms with Crippen LogP contribution in [0.4, 0.5) is 0 Å². The van der Waals surface area contributed by atoms with Gasteiger partial charge in [0, 0.05) is 35.6 Å². The number of hydrogen-bond donors (Lipinski definition) is 1. The summed E-state index contributed by atoms with van der Waals surface area (Å²) in [7, 11) is 3.38. The van der Waals surface area contributed by atoms with Crippen LogP contribution in [0.1, 0.15) is 38.9 Å². The number of benzene rings is 2. The predicted molar refractivity (Wildman–Crippen MR) is 135 cm³/mol. The van der Waals surface area contributed by atoms with E-state index in [1.165, 1.54) is 17.9 Å². The number of aryl methyl sites for hydroxylation is 2. The van der Waals surface area contributed by atoms with Crippen molar-refractivity contribution < 1.29 is 19.5 Å². The van der Waals surface area contributed by atoms with Crippen LogP contribution in [-0.2, 0) is 4.79 Å². The van der Waals surface area contributed by atoms with Gasteiger partial charge in [0.15, 0.2) is 11.4 Å². The molecule has 0 aliphatic rings. The Balaban J connectivity index is 0.000000623. The second-order valence-corrected chi connectivity index (χ2v) is 8.55. The van der Waals surface area contributed by atoms with Crippen molar-refractivity contribution in [1.82, 2.24) is 19.7 Å². The van der Waals surface area contributed by atoms with E-state index in [0.29, 0.717) is 27.5 Å². The lowest BCUT2D eigenvalue weighted by Gasteiger charge is -2.14. The van der Waals surface area contributed by atoms with Crippen LogP contribution >= 0.6 is 11.6 Å². The van der Waals surface area contributed by atoms with E-state index in [9.17, 15) is 19.5 Å². The number of amides is 1. The molecule has 35 heavy (non-hydrogen) atoms. The predicted octanol–water partition coefficient (Wildman–Crippen LogP) is 4.96. The van der Waals surface area contributed by atoms with Crippen LogP contribution in [0.5, 0.6) is 0 Å². The monoisotopic (exact) mass is 492 g/mol. The number of Topliss-reactive ketones (excluding diaryl/α,β-unsaturated/α-hetero) is 1. The minimum Gasteiger partial charge on any atom is -0.478 e. The van der Waals surface area contributed by atoms with Gasteiger partial charge in [-0.15, -0.1) is 0 Å². The van der Waals surface area contributed by atoms with Crippen molar-refractivity contribution in [3.05, 3.63) is 75.9 Å². The quantitative estimate of drug-likeness (QED) is 0.311. The van der Waals surface area contributed by atoms with Gasteiger partial charge >= 0.3 is 5.97 Å². The Kier molecular flexibility index (Phi) is 7.66. The van der Waals surface area contributed by atoms with Gasteiger partial charge in [0.05, 0.1) is 22.6 Å². The van der Waals surface area contributed by atoms with Crippen molar-refractivity contribution in [1.29, 1.82) is 0 Å². The van der Waals surface area contributed by atoms with Crippen molar-refractivity contribution in [3.8, 4) is 16.9 Å². The number of aromatic carboxylic acids is 1. The van der Waals surface area contributed by atoms with Crippen LogP contribution in [0.15, 0.2) is 48.5 Å². The van der Waals surface area contributed by atoms with Crippen molar-refractivity contribution in [2.75, 3.05) is 14.1 Å². The first-order valence-corrected chi connectivity index (χ1v) is 11.1. The van der Waals surface area contributed by atoms with Crippen LogP contribution < -0.4 is 0 Å². The summed E-state index contributed by atoms with van der Waals surface area (Å²) >= 11 is 6.02. The molecule has 0 aliphatic heterocycles. The molecule has 0 unspecified atom stereocenters. The molecule has 1 amide bonds. The van der Waals surface area contributed by atoms with E-state index < -0.39 is 5.97 Å². The van der Waals surface area contributed by atoms with E-state index in [-0.39, 0.29) is 11.3 Å². The van der Waals surface area contributed by atoms with Crippen molar-refractivity contribution >= 4 is 40.8 Å². The van der Waals surface area contributed by atoms with E-state index in [1.54, 1.807) is 49.1 Å². The molecule has 0 radical (unpaired) electrons. The summed E-state index contributed by atoms with van der Waals surface area (Å²) in [4.78, 5) is 40.0. The number of ketones is 1. The highest BCUT2D eigenvalue weighted by Gasteiger charge is 2.24. The molecule has 0 atom stereocenters. The maximum absolute atomic E-state index is 12.6. The molecule has 0 saturated heterocycles. The summed E-state index contributed by atoms with van der Waals surface area (Å²) in [6, 6.07) is 13.7. The summed E-state index contributed by atoms with van der Waals surface area (Å²) < 4.78 is 1.69. The number of halogens is 1. The first-order valence-electron chi connectivity index (χ1n) is 10.7. The van der Waals surface area contributed by atoms with Gasteiger partial charge in [-0.3, -0.25) is 9.59 Å². The minimum atomic E-state index is -1.08. The molecule has 8 nitrogen and oxygen atoms in total. The fourth-order valence-corrected chi connectivity index (χ4v) is 3.91. The molecule has 2 aromatic heterocycles. The smallest absolute Gasteiger partial charge is 0.336 e. The Labute approximate surface area is 207 Å². The topological polar surface area (TPSA) is 105 Å². The summed E-state index contributed by atoms with van der Waals surface area (Å²) in [5.41, 5.74) is 3.97. The first kappa shape index (κ1) is 25.6. The molecule has 1 N–H and O–H groups in total. The van der Waals surface area contributed by atoms with Crippen LogP contribution in [0.3, 0.4) is 0 Å². The lowest BCUT2D eigenvalue weighted by Crippen LogP contribution is -2.08. The number of carboxylic acid groups (broad SMARTS) is 1. The fourth-order valence-electron chi connectivity index (χ4n) is 3.79. The number of carboxylic acids is 1. The maximum Gasteiger partial charge on any atom is 0.336 e. The molecule has 0 fully saturated rings. The van der Waals surface area contributed by atoms with Crippen LogP contribution in [0, 0.1) is 13.8 Å². The second-order valence-electron chi connectivity index (χ2n) is 8.11. The van der Waals surface area contributed by atoms with Gasteiger partial charge in [-0.1, -0.05) is 29.8 Å². The van der Waals surface area contributed by atoms with Gasteiger partial charge in [-0.05, 0) is 56.7 Å². The van der Waals surface area contributed by atoms with Crippen molar-refractivity contribution in [2.45, 2.75) is 20.8 Å². The third-order valence-corrected chi connectivity index (χ3v) is 5.54. The zero-order valence-corrected chi connectivity index (χ0v) is 20.8. The van der Waals surface area contributed by atoms with Crippen molar-refractivity contribution in [2.24, 2.45) is 0 Å². The van der Waals surface area contributed by atoms with E-state index in [2.05, 4.69) is 5.10 Å². The molecule has 2 heterocycles. The van der Waals surface area contributed by atoms with Crippen LogP contribution in [0.25, 0.3) is 28.0 Å². The molecule has 0 spiro atoms. The number of carbonyl (C=O) groups is 3. The lowest BCUT2D eigenvalue weighted by molar-refractivity contribution is -0.115. The normalized spacial score (nSPS) is 10.5. The summed E-state index contributed by atoms with van der Waals surface area (Å²) in [5.74, 6) is -1.27. The number of aromatic nitrogens is 3. The Morgan fingerprint density at radius 3 is 2.20 bits per heavy atom. The summed E-state index contributed by atoms with van der Waals surface area (Å²) in [5, 5.41) is 15.7. The highest BCUT2D eigenvalue weighted by Crippen LogP contribution is 2.34. The molecule has 9 heteroatoms. The molecule has 4 rings (SSSR count). The summed E-state index contributed by atoms with van der Waals surface area (Å²) in [6.07, 6.45) is 0.750. The Morgan fingerprint density at radius 2 is 1.66 bits per heavy atom. The number of carbonyl (C=O) groups excluding carboxylic acids is 2. The van der Waals surface area contributed by atoms with E-state index in [4.69, 9.17) is 16.6 Å². The summed E-state index contributed by atoms with van der Waals surface area (Å²) in [6.45, 7) is 5.16. The number of hydrogen-bond acceptors (Lipinski definition) is 5. The van der Waals surface area contributed by atoms with Gasteiger partial charge in [0.25, 0.3) is 0 Å². The molecule has 0 bridgehead atoms. The number of pyridine rings is 1. The first-order chi connectivity index (χ1) is 16.6. The van der Waals surface area contributed by atoms with Crippen LogP contribution in [-0.4, -0.2) is 57.0 Å². The number of nitrogens with zero attached hydrogens (tertiary/aromatic N) is 4. The minimum absolute atomic E-state index is 0.0838. The third kappa shape index (κ3) is 5.22. The van der Waals surface area contributed by atoms with Gasteiger partial charge in [-0.2, -0.15) is 5.10 Å². The largest absolute Gasteiger partial charge is 0.478 e. The van der Waals surface area contributed by atoms with E-state index in [1.807, 2.05) is 26.0 Å². The molecule has 2 aromatic carbocycles. The van der Waals surface area contributed by atoms with E-state index >= 15 is 0 Å². The lowest BCUT2D eigenvalue weighted by atomic mass is 9.94. The average Bonchev–Trinajstić information content (AvgIpc) is 3.16. The molecule has 0 saturated carbocycles. The van der Waals surface area contributed by atoms with Gasteiger partial charge in [-0.25, -0.2) is 14.5 Å². The SMILES string of the molecule is CC(=O)c1c(-c2ccccc2C(=O)O)nc2c(c(C)nn2-c2ccc(Cl)cc2)c1C.CN(C)C=O. The number of rotatable bonds is 5. The Bertz CT molecular complexity index is 1430. The maximum atomic E-state index is 12.6. The van der Waals surface area contributed by atoms with Gasteiger partial charge in [0.2, 0.25) is 6.41 Å².